The topological polar surface area (TPSA) is 24.1 Å². The summed E-state index contributed by atoms with van der Waals surface area (Å²) >= 11 is 0. The van der Waals surface area contributed by atoms with Crippen molar-refractivity contribution in [3.8, 4) is 0 Å². The van der Waals surface area contributed by atoms with Crippen LogP contribution in [0.4, 0.5) is 5.69 Å². The summed E-state index contributed by atoms with van der Waals surface area (Å²) in [6.45, 7) is 37.0. The second-order valence-corrected chi connectivity index (χ2v) is 8.38. The van der Waals surface area contributed by atoms with Crippen molar-refractivity contribution in [2.24, 2.45) is 0 Å². The molecule has 36 heavy (non-hydrogen) atoms. The van der Waals surface area contributed by atoms with Gasteiger partial charge in [0.15, 0.2) is 0 Å². The second-order valence-electron chi connectivity index (χ2n) is 8.38. The minimum absolute atomic E-state index is 0.658. The SMILES string of the molecule is C=C(NC(=C)C(=C)CC)Nc1ccc(C)c(C)c1.CC.CC.CCC.CCc1ccccc1C(C)C. The van der Waals surface area contributed by atoms with Gasteiger partial charge in [0.1, 0.15) is 5.82 Å². The summed E-state index contributed by atoms with van der Waals surface area (Å²) in [5, 5.41) is 6.33. The monoisotopic (exact) mass is 494 g/mol. The van der Waals surface area contributed by atoms with Crippen molar-refractivity contribution in [3.05, 3.63) is 102 Å². The Hall–Kier alpha value is -2.74. The number of rotatable bonds is 8. The third-order valence-electron chi connectivity index (χ3n) is 5.02. The van der Waals surface area contributed by atoms with Crippen LogP contribution in [-0.2, 0) is 6.42 Å². The third kappa shape index (κ3) is 16.8. The second kappa shape index (κ2) is 24.0. The molecule has 0 aliphatic heterocycles. The number of aryl methyl sites for hydroxylation is 3. The van der Waals surface area contributed by atoms with Crippen LogP contribution in [0.1, 0.15) is 110 Å². The molecule has 204 valence electrons. The maximum Gasteiger partial charge on any atom is 0.100 e. The maximum atomic E-state index is 3.93. The maximum absolute atomic E-state index is 3.93. The minimum Gasteiger partial charge on any atom is -0.343 e. The Kier molecular flexibility index (Phi) is 25.2. The van der Waals surface area contributed by atoms with Crippen LogP contribution in [0.5, 0.6) is 0 Å². The van der Waals surface area contributed by atoms with Crippen molar-refractivity contribution < 1.29 is 0 Å². The Morgan fingerprint density at radius 2 is 1.33 bits per heavy atom. The number of anilines is 1. The van der Waals surface area contributed by atoms with Crippen LogP contribution in [0.3, 0.4) is 0 Å². The molecule has 0 saturated heterocycles. The zero-order valence-corrected chi connectivity index (χ0v) is 25.9. The number of hydrogen-bond donors (Lipinski definition) is 2. The van der Waals surface area contributed by atoms with E-state index in [1.165, 1.54) is 28.7 Å². The predicted octanol–water partition coefficient (Wildman–Crippen LogP) is 11.1. The van der Waals surface area contributed by atoms with Crippen molar-refractivity contribution >= 4 is 5.69 Å². The van der Waals surface area contributed by atoms with E-state index < -0.39 is 0 Å². The minimum atomic E-state index is 0.658. The zero-order valence-electron chi connectivity index (χ0n) is 25.9. The molecule has 2 aromatic carbocycles. The first-order valence-electron chi connectivity index (χ1n) is 13.9. The molecule has 0 saturated carbocycles. The molecule has 0 amide bonds. The van der Waals surface area contributed by atoms with Crippen LogP contribution >= 0.6 is 0 Å². The Morgan fingerprint density at radius 1 is 0.806 bits per heavy atom. The van der Waals surface area contributed by atoms with Crippen molar-refractivity contribution in [1.29, 1.82) is 0 Å². The number of nitrogens with one attached hydrogen (secondary N) is 2. The molecule has 0 bridgehead atoms. The normalized spacial score (nSPS) is 8.92. The summed E-state index contributed by atoms with van der Waals surface area (Å²) in [4.78, 5) is 0. The third-order valence-corrected chi connectivity index (χ3v) is 5.02. The van der Waals surface area contributed by atoms with E-state index in [-0.39, 0.29) is 0 Å². The van der Waals surface area contributed by atoms with Gasteiger partial charge in [-0.05, 0) is 72.6 Å². The number of allylic oxidation sites excluding steroid dienone is 1. The Morgan fingerprint density at radius 3 is 1.75 bits per heavy atom. The summed E-state index contributed by atoms with van der Waals surface area (Å²) in [7, 11) is 0. The van der Waals surface area contributed by atoms with Crippen LogP contribution in [0, 0.1) is 13.8 Å². The first-order valence-corrected chi connectivity index (χ1v) is 13.9. The molecular weight excluding hydrogens is 436 g/mol. The van der Waals surface area contributed by atoms with Gasteiger partial charge in [0.25, 0.3) is 0 Å². The van der Waals surface area contributed by atoms with E-state index >= 15 is 0 Å². The van der Waals surface area contributed by atoms with Crippen LogP contribution in [0.25, 0.3) is 0 Å². The van der Waals surface area contributed by atoms with Gasteiger partial charge in [-0.3, -0.25) is 0 Å². The fraction of sp³-hybridized carbons (Fsp3) is 0.471. The molecule has 0 spiro atoms. The summed E-state index contributed by atoms with van der Waals surface area (Å²) in [5.74, 6) is 1.36. The van der Waals surface area contributed by atoms with E-state index in [2.05, 4.69) is 122 Å². The summed E-state index contributed by atoms with van der Waals surface area (Å²) in [5.41, 5.74) is 8.33. The Balaban J connectivity index is -0.000000515. The number of benzene rings is 2. The van der Waals surface area contributed by atoms with Crippen molar-refractivity contribution in [3.63, 3.8) is 0 Å². The molecule has 0 aliphatic rings. The highest BCUT2D eigenvalue weighted by Gasteiger charge is 2.03. The Bertz CT molecular complexity index is 859. The van der Waals surface area contributed by atoms with Gasteiger partial charge < -0.3 is 10.6 Å². The van der Waals surface area contributed by atoms with Gasteiger partial charge >= 0.3 is 0 Å². The van der Waals surface area contributed by atoms with E-state index in [1.54, 1.807) is 0 Å². The van der Waals surface area contributed by atoms with E-state index in [0.29, 0.717) is 11.7 Å². The van der Waals surface area contributed by atoms with Crippen molar-refractivity contribution in [2.75, 3.05) is 5.32 Å². The molecule has 0 atom stereocenters. The molecule has 0 aliphatic carbocycles. The summed E-state index contributed by atoms with van der Waals surface area (Å²) < 4.78 is 0. The molecule has 2 rings (SSSR count). The lowest BCUT2D eigenvalue weighted by molar-refractivity contribution is 0.844. The van der Waals surface area contributed by atoms with Gasteiger partial charge in [0.05, 0.1) is 0 Å². The number of hydrogen-bond acceptors (Lipinski definition) is 2. The zero-order chi connectivity index (χ0) is 28.7. The van der Waals surface area contributed by atoms with E-state index in [1.807, 2.05) is 33.8 Å². The first kappa shape index (κ1) is 37.8. The van der Waals surface area contributed by atoms with E-state index in [0.717, 1.165) is 29.8 Å². The largest absolute Gasteiger partial charge is 0.343 e. The van der Waals surface area contributed by atoms with Gasteiger partial charge in [-0.1, -0.05) is 126 Å². The quantitative estimate of drug-likeness (QED) is 0.356. The summed E-state index contributed by atoms with van der Waals surface area (Å²) in [6.07, 6.45) is 3.27. The average Bonchev–Trinajstić information content (AvgIpc) is 2.88. The molecular formula is C34H58N2. The van der Waals surface area contributed by atoms with E-state index in [4.69, 9.17) is 0 Å². The van der Waals surface area contributed by atoms with Gasteiger partial charge in [-0.2, -0.15) is 0 Å². The van der Waals surface area contributed by atoms with Crippen molar-refractivity contribution in [1.82, 2.24) is 5.32 Å². The lowest BCUT2D eigenvalue weighted by atomic mass is 9.96. The lowest BCUT2D eigenvalue weighted by Crippen LogP contribution is -2.18. The fourth-order valence-corrected chi connectivity index (χ4v) is 2.93. The molecule has 0 aromatic heterocycles. The van der Waals surface area contributed by atoms with Gasteiger partial charge in [-0.15, -0.1) is 0 Å². The molecule has 0 radical (unpaired) electrons. The molecule has 0 unspecified atom stereocenters. The summed E-state index contributed by atoms with van der Waals surface area (Å²) in [6, 6.07) is 14.9. The van der Waals surface area contributed by atoms with Crippen molar-refractivity contribution in [2.45, 2.75) is 108 Å². The van der Waals surface area contributed by atoms with Gasteiger partial charge in [0, 0.05) is 11.4 Å². The van der Waals surface area contributed by atoms with Gasteiger partial charge in [-0.25, -0.2) is 0 Å². The molecule has 0 fully saturated rings. The molecule has 0 heterocycles. The van der Waals surface area contributed by atoms with Crippen LogP contribution in [0.2, 0.25) is 0 Å². The molecule has 2 nitrogen and oxygen atoms in total. The molecule has 2 heteroatoms. The van der Waals surface area contributed by atoms with E-state index in [9.17, 15) is 0 Å². The van der Waals surface area contributed by atoms with Crippen LogP contribution in [-0.4, -0.2) is 0 Å². The highest BCUT2D eigenvalue weighted by atomic mass is 15.1. The average molecular weight is 495 g/mol. The standard InChI is InChI=1S/C16H22N2.C11H16.C3H8.2C2H6/c1-7-11(2)14(5)17-15(6)18-16-9-8-12(3)13(4)10-16;1-4-10-7-5-6-8-11(10)9(2)3;1-3-2;2*1-2/h8-10,17-18H,2,5-7H2,1,3-4H3;5-9H,4H2,1-3H3;3H2,1-2H3;2*1-2H3. The molecule has 2 aromatic rings. The predicted molar refractivity (Wildman–Crippen MR) is 169 cm³/mol. The molecule has 2 N–H and O–H groups in total. The highest BCUT2D eigenvalue weighted by molar-refractivity contribution is 5.51. The van der Waals surface area contributed by atoms with Crippen LogP contribution in [0.15, 0.2) is 79.3 Å². The van der Waals surface area contributed by atoms with Crippen LogP contribution < -0.4 is 10.6 Å². The lowest BCUT2D eigenvalue weighted by Gasteiger charge is -2.15. The Labute approximate surface area is 226 Å². The fourth-order valence-electron chi connectivity index (χ4n) is 2.93. The van der Waals surface area contributed by atoms with Gasteiger partial charge in [0.2, 0.25) is 0 Å². The highest BCUT2D eigenvalue weighted by Crippen LogP contribution is 2.19. The first-order chi connectivity index (χ1) is 17.1. The smallest absolute Gasteiger partial charge is 0.100 e.